The fraction of sp³-hybridized carbons (Fsp3) is 0.750. The van der Waals surface area contributed by atoms with Crippen LogP contribution in [0, 0.1) is 0 Å². The number of hydrogen-bond donors (Lipinski definition) is 0. The summed E-state index contributed by atoms with van der Waals surface area (Å²) in [4.78, 5) is 17.3. The van der Waals surface area contributed by atoms with Gasteiger partial charge in [-0.2, -0.15) is 5.10 Å². The van der Waals surface area contributed by atoms with E-state index >= 15 is 0 Å². The molecule has 1 aliphatic rings. The van der Waals surface area contributed by atoms with E-state index in [4.69, 9.17) is 0 Å². The Balaban J connectivity index is 2.26. The normalized spacial score (nSPS) is 16.8. The molecule has 0 saturated carbocycles. The van der Waals surface area contributed by atoms with E-state index in [1.54, 1.807) is 0 Å². The van der Waals surface area contributed by atoms with Crippen LogP contribution in [-0.4, -0.2) is 58.2 Å². The van der Waals surface area contributed by atoms with E-state index in [9.17, 15) is 4.79 Å². The summed E-state index contributed by atoms with van der Waals surface area (Å²) in [6.45, 7) is 13.1. The van der Waals surface area contributed by atoms with Crippen molar-refractivity contribution in [1.82, 2.24) is 19.6 Å². The highest BCUT2D eigenvalue weighted by molar-refractivity contribution is 5.96. The Bertz CT molecular complexity index is 499. The smallest absolute Gasteiger partial charge is 0.257 e. The Morgan fingerprint density at radius 2 is 1.81 bits per heavy atom. The maximum absolute atomic E-state index is 13.0. The van der Waals surface area contributed by atoms with Crippen molar-refractivity contribution in [1.29, 1.82) is 0 Å². The highest BCUT2D eigenvalue weighted by Crippen LogP contribution is 2.24. The number of carbonyl (C=O) groups excluding carboxylic acids is 1. The molecule has 5 heteroatoms. The minimum Gasteiger partial charge on any atom is -0.336 e. The molecule has 5 nitrogen and oxygen atoms in total. The summed E-state index contributed by atoms with van der Waals surface area (Å²) in [5, 5.41) is 4.59. The number of rotatable bonds is 4. The molecular formula is C16H28N4O. The lowest BCUT2D eigenvalue weighted by Crippen LogP contribution is -2.48. The van der Waals surface area contributed by atoms with Crippen molar-refractivity contribution >= 4 is 5.91 Å². The average Bonchev–Trinajstić information content (AvgIpc) is 2.83. The number of hydrogen-bond acceptors (Lipinski definition) is 3. The topological polar surface area (TPSA) is 41.4 Å². The standard InChI is InChI=1S/C16H28N4O/c1-6-13-14(15(12(3)4)17-18(13)5)16(21)20-10-8-19(7-2)9-11-20/h12H,6-11H2,1-5H3. The van der Waals surface area contributed by atoms with Gasteiger partial charge in [0.25, 0.3) is 5.91 Å². The van der Waals surface area contributed by atoms with Crippen LogP contribution in [-0.2, 0) is 13.5 Å². The van der Waals surface area contributed by atoms with E-state index in [1.165, 1.54) is 0 Å². The summed E-state index contributed by atoms with van der Waals surface area (Å²) in [6.07, 6.45) is 0.840. The van der Waals surface area contributed by atoms with Gasteiger partial charge in [-0.1, -0.05) is 27.7 Å². The molecule has 0 bridgehead atoms. The molecule has 1 fully saturated rings. The molecule has 0 radical (unpaired) electrons. The summed E-state index contributed by atoms with van der Waals surface area (Å²) >= 11 is 0. The van der Waals surface area contributed by atoms with Crippen molar-refractivity contribution in [3.8, 4) is 0 Å². The van der Waals surface area contributed by atoms with Gasteiger partial charge >= 0.3 is 0 Å². The maximum atomic E-state index is 13.0. The second-order valence-corrected chi connectivity index (χ2v) is 6.07. The zero-order chi connectivity index (χ0) is 15.6. The van der Waals surface area contributed by atoms with Gasteiger partial charge in [-0.05, 0) is 18.9 Å². The zero-order valence-corrected chi connectivity index (χ0v) is 14.0. The first-order chi connectivity index (χ1) is 9.99. The van der Waals surface area contributed by atoms with E-state index < -0.39 is 0 Å². The molecular weight excluding hydrogens is 264 g/mol. The van der Waals surface area contributed by atoms with Crippen LogP contribution in [0.2, 0.25) is 0 Å². The quantitative estimate of drug-likeness (QED) is 0.851. The van der Waals surface area contributed by atoms with Gasteiger partial charge in [0.1, 0.15) is 0 Å². The van der Waals surface area contributed by atoms with Crippen LogP contribution in [0.4, 0.5) is 0 Å². The number of aromatic nitrogens is 2. The average molecular weight is 292 g/mol. The van der Waals surface area contributed by atoms with E-state index in [-0.39, 0.29) is 11.8 Å². The van der Waals surface area contributed by atoms with E-state index in [1.807, 2.05) is 16.6 Å². The summed E-state index contributed by atoms with van der Waals surface area (Å²) in [7, 11) is 1.94. The van der Waals surface area contributed by atoms with Crippen LogP contribution in [0.15, 0.2) is 0 Å². The first-order valence-corrected chi connectivity index (χ1v) is 8.06. The van der Waals surface area contributed by atoms with Crippen LogP contribution >= 0.6 is 0 Å². The van der Waals surface area contributed by atoms with Gasteiger partial charge in [0.05, 0.1) is 17.0 Å². The minimum absolute atomic E-state index is 0.166. The second-order valence-electron chi connectivity index (χ2n) is 6.07. The molecule has 0 aromatic carbocycles. The zero-order valence-electron chi connectivity index (χ0n) is 14.0. The Morgan fingerprint density at radius 1 is 1.19 bits per heavy atom. The lowest BCUT2D eigenvalue weighted by molar-refractivity contribution is 0.0640. The predicted octanol–water partition coefficient (Wildman–Crippen LogP) is 1.88. The van der Waals surface area contributed by atoms with Crippen LogP contribution < -0.4 is 0 Å². The van der Waals surface area contributed by atoms with Crippen LogP contribution in [0.3, 0.4) is 0 Å². The highest BCUT2D eigenvalue weighted by atomic mass is 16.2. The van der Waals surface area contributed by atoms with Crippen molar-refractivity contribution in [3.05, 3.63) is 17.0 Å². The molecule has 1 saturated heterocycles. The van der Waals surface area contributed by atoms with E-state index in [0.717, 1.165) is 56.1 Å². The Morgan fingerprint density at radius 3 is 2.29 bits per heavy atom. The van der Waals surface area contributed by atoms with Crippen molar-refractivity contribution in [2.45, 2.75) is 40.0 Å². The first kappa shape index (κ1) is 16.0. The maximum Gasteiger partial charge on any atom is 0.257 e. The third-order valence-electron chi connectivity index (χ3n) is 4.40. The summed E-state index contributed by atoms with van der Waals surface area (Å²) < 4.78 is 1.88. The first-order valence-electron chi connectivity index (χ1n) is 8.06. The van der Waals surface area contributed by atoms with Crippen molar-refractivity contribution in [3.63, 3.8) is 0 Å². The number of carbonyl (C=O) groups is 1. The molecule has 118 valence electrons. The number of nitrogens with zero attached hydrogens (tertiary/aromatic N) is 4. The molecule has 1 aromatic heterocycles. The largest absolute Gasteiger partial charge is 0.336 e. The number of likely N-dealkylation sites (N-methyl/N-ethyl adjacent to an activating group) is 1. The SMILES string of the molecule is CCc1c(C(=O)N2CCN(CC)CC2)c(C(C)C)nn1C. The fourth-order valence-electron chi connectivity index (χ4n) is 3.05. The number of piperazine rings is 1. The number of aryl methyl sites for hydroxylation is 1. The third kappa shape index (κ3) is 3.12. The molecule has 1 amide bonds. The Hall–Kier alpha value is -1.36. The highest BCUT2D eigenvalue weighted by Gasteiger charge is 2.28. The monoisotopic (exact) mass is 292 g/mol. The van der Waals surface area contributed by atoms with Gasteiger partial charge in [0.2, 0.25) is 0 Å². The van der Waals surface area contributed by atoms with Gasteiger partial charge in [-0.3, -0.25) is 9.48 Å². The lowest BCUT2D eigenvalue weighted by atomic mass is 10.0. The molecule has 0 N–H and O–H groups in total. The molecule has 0 unspecified atom stereocenters. The van der Waals surface area contributed by atoms with Crippen molar-refractivity contribution in [2.75, 3.05) is 32.7 Å². The second kappa shape index (κ2) is 6.60. The fourth-order valence-corrected chi connectivity index (χ4v) is 3.05. The van der Waals surface area contributed by atoms with Crippen LogP contribution in [0.1, 0.15) is 55.4 Å². The molecule has 1 aliphatic heterocycles. The molecule has 21 heavy (non-hydrogen) atoms. The Labute approximate surface area is 127 Å². The molecule has 1 aromatic rings. The van der Waals surface area contributed by atoms with E-state index in [2.05, 4.69) is 37.7 Å². The Kier molecular flexibility index (Phi) is 5.04. The van der Waals surface area contributed by atoms with Gasteiger partial charge in [0, 0.05) is 33.2 Å². The molecule has 0 spiro atoms. The van der Waals surface area contributed by atoms with Crippen molar-refractivity contribution in [2.24, 2.45) is 7.05 Å². The summed E-state index contributed by atoms with van der Waals surface area (Å²) in [5.41, 5.74) is 2.85. The predicted molar refractivity (Wildman–Crippen MR) is 84.7 cm³/mol. The van der Waals surface area contributed by atoms with E-state index in [0.29, 0.717) is 0 Å². The lowest BCUT2D eigenvalue weighted by Gasteiger charge is -2.34. The van der Waals surface area contributed by atoms with Crippen molar-refractivity contribution < 1.29 is 4.79 Å². The van der Waals surface area contributed by atoms with Gasteiger partial charge in [-0.15, -0.1) is 0 Å². The van der Waals surface area contributed by atoms with Gasteiger partial charge in [0.15, 0.2) is 0 Å². The van der Waals surface area contributed by atoms with Gasteiger partial charge < -0.3 is 9.80 Å². The van der Waals surface area contributed by atoms with Gasteiger partial charge in [-0.25, -0.2) is 0 Å². The molecule has 0 atom stereocenters. The molecule has 2 heterocycles. The molecule has 0 aliphatic carbocycles. The van der Waals surface area contributed by atoms with Crippen LogP contribution in [0.25, 0.3) is 0 Å². The minimum atomic E-state index is 0.166. The third-order valence-corrected chi connectivity index (χ3v) is 4.40. The van der Waals surface area contributed by atoms with Crippen LogP contribution in [0.5, 0.6) is 0 Å². The molecule has 2 rings (SSSR count). The number of amides is 1. The summed E-state index contributed by atoms with van der Waals surface area (Å²) in [5.74, 6) is 0.437. The summed E-state index contributed by atoms with van der Waals surface area (Å²) in [6, 6.07) is 0.